The highest BCUT2D eigenvalue weighted by Gasteiger charge is 2.49. The quantitative estimate of drug-likeness (QED) is 0.719. The van der Waals surface area contributed by atoms with Crippen LogP contribution in [0, 0.1) is 5.92 Å². The van der Waals surface area contributed by atoms with Crippen LogP contribution in [-0.2, 0) is 16.0 Å². The number of benzene rings is 1. The van der Waals surface area contributed by atoms with Crippen LogP contribution in [0.5, 0.6) is 0 Å². The Morgan fingerprint density at radius 3 is 2.67 bits per heavy atom. The van der Waals surface area contributed by atoms with Gasteiger partial charge < -0.3 is 15.2 Å². The van der Waals surface area contributed by atoms with E-state index in [1.807, 2.05) is 30.3 Å². The first-order valence-corrected chi connectivity index (χ1v) is 7.73. The molecular formula is C17H25NO3. The molecule has 0 radical (unpaired) electrons. The summed E-state index contributed by atoms with van der Waals surface area (Å²) in [4.78, 5) is 11.8. The van der Waals surface area contributed by atoms with Gasteiger partial charge in [-0.3, -0.25) is 4.79 Å². The van der Waals surface area contributed by atoms with Crippen LogP contribution in [0.25, 0.3) is 0 Å². The van der Waals surface area contributed by atoms with Crippen molar-refractivity contribution in [1.29, 1.82) is 0 Å². The first kappa shape index (κ1) is 16.0. The second kappa shape index (κ2) is 7.57. The molecule has 1 aromatic rings. The number of ether oxygens (including phenoxy) is 1. The van der Waals surface area contributed by atoms with E-state index < -0.39 is 12.2 Å². The minimum Gasteiger partial charge on any atom is -0.390 e. The molecule has 4 heteroatoms. The highest BCUT2D eigenvalue weighted by atomic mass is 16.6. The maximum absolute atomic E-state index is 11.8. The molecule has 2 rings (SSSR count). The van der Waals surface area contributed by atoms with Crippen molar-refractivity contribution in [2.24, 2.45) is 5.92 Å². The highest BCUT2D eigenvalue weighted by Crippen LogP contribution is 2.28. The normalized spacial score (nSPS) is 22.1. The Morgan fingerprint density at radius 2 is 2.00 bits per heavy atom. The zero-order valence-electron chi connectivity index (χ0n) is 12.8. The SMILES string of the molecule is CC(C)CCNC(=O)C1OC1C(O)CCc1ccccc1. The fourth-order valence-corrected chi connectivity index (χ4v) is 2.34. The van der Waals surface area contributed by atoms with Crippen molar-refractivity contribution in [2.45, 2.75) is 51.4 Å². The molecule has 1 heterocycles. The third kappa shape index (κ3) is 5.14. The number of carbonyl (C=O) groups excluding carboxylic acids is 1. The Labute approximate surface area is 126 Å². The molecular weight excluding hydrogens is 266 g/mol. The number of rotatable bonds is 8. The fourth-order valence-electron chi connectivity index (χ4n) is 2.34. The topological polar surface area (TPSA) is 61.9 Å². The van der Waals surface area contributed by atoms with Gasteiger partial charge in [-0.05, 0) is 30.7 Å². The summed E-state index contributed by atoms with van der Waals surface area (Å²) in [5.74, 6) is 0.470. The molecule has 1 saturated heterocycles. The van der Waals surface area contributed by atoms with Crippen molar-refractivity contribution in [1.82, 2.24) is 5.32 Å². The summed E-state index contributed by atoms with van der Waals surface area (Å²) in [5, 5.41) is 12.9. The van der Waals surface area contributed by atoms with Crippen molar-refractivity contribution in [3.8, 4) is 0 Å². The molecule has 0 bridgehead atoms. The third-order valence-corrected chi connectivity index (χ3v) is 3.76. The molecule has 1 amide bonds. The summed E-state index contributed by atoms with van der Waals surface area (Å²) < 4.78 is 5.32. The van der Waals surface area contributed by atoms with Crippen molar-refractivity contribution >= 4 is 5.91 Å². The van der Waals surface area contributed by atoms with Crippen LogP contribution in [-0.4, -0.2) is 35.9 Å². The summed E-state index contributed by atoms with van der Waals surface area (Å²) in [5.41, 5.74) is 1.19. The maximum Gasteiger partial charge on any atom is 0.251 e. The fraction of sp³-hybridized carbons (Fsp3) is 0.588. The van der Waals surface area contributed by atoms with E-state index in [2.05, 4.69) is 19.2 Å². The molecule has 0 aromatic heterocycles. The zero-order chi connectivity index (χ0) is 15.2. The van der Waals surface area contributed by atoms with Crippen molar-refractivity contribution in [3.05, 3.63) is 35.9 Å². The second-order valence-corrected chi connectivity index (χ2v) is 6.09. The van der Waals surface area contributed by atoms with E-state index in [-0.39, 0.29) is 12.0 Å². The molecule has 21 heavy (non-hydrogen) atoms. The van der Waals surface area contributed by atoms with Gasteiger partial charge in [0, 0.05) is 6.54 Å². The summed E-state index contributed by atoms with van der Waals surface area (Å²) in [7, 11) is 0. The van der Waals surface area contributed by atoms with Crippen LogP contribution in [0.3, 0.4) is 0 Å². The van der Waals surface area contributed by atoms with Gasteiger partial charge >= 0.3 is 0 Å². The monoisotopic (exact) mass is 291 g/mol. The molecule has 0 spiro atoms. The van der Waals surface area contributed by atoms with Gasteiger partial charge in [0.2, 0.25) is 0 Å². The molecule has 3 unspecified atom stereocenters. The molecule has 1 aliphatic rings. The lowest BCUT2D eigenvalue weighted by Gasteiger charge is -2.08. The summed E-state index contributed by atoms with van der Waals surface area (Å²) >= 11 is 0. The molecule has 116 valence electrons. The van der Waals surface area contributed by atoms with E-state index in [4.69, 9.17) is 4.74 Å². The zero-order valence-corrected chi connectivity index (χ0v) is 12.8. The van der Waals surface area contributed by atoms with Gasteiger partial charge in [0.05, 0.1) is 6.10 Å². The lowest BCUT2D eigenvalue weighted by molar-refractivity contribution is -0.122. The van der Waals surface area contributed by atoms with Crippen molar-refractivity contribution < 1.29 is 14.6 Å². The second-order valence-electron chi connectivity index (χ2n) is 6.09. The molecule has 1 aromatic carbocycles. The van der Waals surface area contributed by atoms with E-state index in [0.29, 0.717) is 18.9 Å². The van der Waals surface area contributed by atoms with Gasteiger partial charge in [-0.15, -0.1) is 0 Å². The van der Waals surface area contributed by atoms with Gasteiger partial charge in [-0.1, -0.05) is 44.2 Å². The van der Waals surface area contributed by atoms with Crippen molar-refractivity contribution in [2.75, 3.05) is 6.54 Å². The number of amides is 1. The third-order valence-electron chi connectivity index (χ3n) is 3.76. The van der Waals surface area contributed by atoms with Crippen LogP contribution in [0.1, 0.15) is 32.3 Å². The van der Waals surface area contributed by atoms with E-state index in [1.165, 1.54) is 5.56 Å². The van der Waals surface area contributed by atoms with Gasteiger partial charge in [0.15, 0.2) is 6.10 Å². The first-order chi connectivity index (χ1) is 10.1. The van der Waals surface area contributed by atoms with E-state index in [9.17, 15) is 9.90 Å². The minimum absolute atomic E-state index is 0.0978. The van der Waals surface area contributed by atoms with Gasteiger partial charge in [-0.25, -0.2) is 0 Å². The first-order valence-electron chi connectivity index (χ1n) is 7.73. The number of epoxide rings is 1. The summed E-state index contributed by atoms with van der Waals surface area (Å²) in [6, 6.07) is 10.0. The lowest BCUT2D eigenvalue weighted by Crippen LogP contribution is -2.32. The molecule has 4 nitrogen and oxygen atoms in total. The van der Waals surface area contributed by atoms with Gasteiger partial charge in [0.25, 0.3) is 5.91 Å². The number of nitrogens with one attached hydrogen (secondary N) is 1. The molecule has 2 N–H and O–H groups in total. The number of aliphatic hydroxyl groups is 1. The van der Waals surface area contributed by atoms with E-state index in [1.54, 1.807) is 0 Å². The van der Waals surface area contributed by atoms with Crippen LogP contribution in [0.2, 0.25) is 0 Å². The smallest absolute Gasteiger partial charge is 0.251 e. The summed E-state index contributed by atoms with van der Waals surface area (Å²) in [6.07, 6.45) is 0.981. The Balaban J connectivity index is 1.66. The van der Waals surface area contributed by atoms with E-state index in [0.717, 1.165) is 12.8 Å². The Morgan fingerprint density at radius 1 is 1.29 bits per heavy atom. The maximum atomic E-state index is 11.8. The Kier molecular flexibility index (Phi) is 5.76. The molecule has 1 aliphatic heterocycles. The number of hydrogen-bond acceptors (Lipinski definition) is 3. The largest absolute Gasteiger partial charge is 0.390 e. The van der Waals surface area contributed by atoms with Crippen LogP contribution >= 0.6 is 0 Å². The predicted molar refractivity (Wildman–Crippen MR) is 81.9 cm³/mol. The number of carbonyl (C=O) groups is 1. The lowest BCUT2D eigenvalue weighted by atomic mass is 10.0. The Bertz CT molecular complexity index is 447. The summed E-state index contributed by atoms with van der Waals surface area (Å²) in [6.45, 7) is 4.91. The van der Waals surface area contributed by atoms with Crippen LogP contribution in [0.4, 0.5) is 0 Å². The Hall–Kier alpha value is -1.39. The number of aryl methyl sites for hydroxylation is 1. The molecule has 0 saturated carbocycles. The average Bonchev–Trinajstić information content (AvgIpc) is 3.26. The molecule has 3 atom stereocenters. The van der Waals surface area contributed by atoms with Crippen LogP contribution in [0.15, 0.2) is 30.3 Å². The highest BCUT2D eigenvalue weighted by molar-refractivity contribution is 5.83. The predicted octanol–water partition coefficient (Wildman–Crippen LogP) is 1.91. The molecule has 0 aliphatic carbocycles. The number of hydrogen-bond donors (Lipinski definition) is 2. The standard InChI is InChI=1S/C17H25NO3/c1-12(2)10-11-18-17(20)16-15(21-16)14(19)9-8-13-6-4-3-5-7-13/h3-7,12,14-16,19H,8-11H2,1-2H3,(H,18,20). The molecule has 1 fully saturated rings. The average molecular weight is 291 g/mol. The minimum atomic E-state index is -0.578. The number of aliphatic hydroxyl groups excluding tert-OH is 1. The van der Waals surface area contributed by atoms with Gasteiger partial charge in [0.1, 0.15) is 6.10 Å². The van der Waals surface area contributed by atoms with Gasteiger partial charge in [-0.2, -0.15) is 0 Å². The van der Waals surface area contributed by atoms with Crippen LogP contribution < -0.4 is 5.32 Å². The van der Waals surface area contributed by atoms with E-state index >= 15 is 0 Å². The van der Waals surface area contributed by atoms with Crippen molar-refractivity contribution in [3.63, 3.8) is 0 Å².